The first-order valence-electron chi connectivity index (χ1n) is 8.33. The number of benzene rings is 2. The number of likely N-dealkylation sites (tertiary alicyclic amines) is 1. The van der Waals surface area contributed by atoms with Crippen LogP contribution in [0.1, 0.15) is 18.4 Å². The van der Waals surface area contributed by atoms with E-state index in [0.717, 1.165) is 12.0 Å². The summed E-state index contributed by atoms with van der Waals surface area (Å²) in [4.78, 5) is 26.8. The minimum atomic E-state index is -0.529. The molecule has 3 rings (SSSR count). The van der Waals surface area contributed by atoms with Crippen molar-refractivity contribution in [2.45, 2.75) is 25.8 Å². The first kappa shape index (κ1) is 18.5. The Balaban J connectivity index is 1.67. The second kappa shape index (κ2) is 7.98. The molecule has 0 saturated carbocycles. The lowest BCUT2D eigenvalue weighted by Crippen LogP contribution is -2.45. The van der Waals surface area contributed by atoms with Crippen LogP contribution in [-0.2, 0) is 4.79 Å². The quantitative estimate of drug-likeness (QED) is 0.778. The molecule has 5 nitrogen and oxygen atoms in total. The van der Waals surface area contributed by atoms with Crippen LogP contribution in [0.4, 0.5) is 16.2 Å². The molecule has 0 radical (unpaired) electrons. The van der Waals surface area contributed by atoms with Crippen LogP contribution >= 0.6 is 23.2 Å². The van der Waals surface area contributed by atoms with Crippen LogP contribution in [0.3, 0.4) is 0 Å². The molecular weight excluding hydrogens is 373 g/mol. The Labute approximate surface area is 162 Å². The Morgan fingerprint density at radius 1 is 1.00 bits per heavy atom. The fourth-order valence-corrected chi connectivity index (χ4v) is 3.49. The molecule has 2 aromatic carbocycles. The molecule has 2 aromatic rings. The van der Waals surface area contributed by atoms with Crippen LogP contribution in [0.15, 0.2) is 42.5 Å². The largest absolute Gasteiger partial charge is 0.324 e. The molecule has 7 heteroatoms. The zero-order valence-corrected chi connectivity index (χ0v) is 15.8. The average molecular weight is 392 g/mol. The van der Waals surface area contributed by atoms with E-state index < -0.39 is 6.04 Å². The van der Waals surface area contributed by atoms with Crippen LogP contribution < -0.4 is 10.6 Å². The molecule has 0 aromatic heterocycles. The highest BCUT2D eigenvalue weighted by Gasteiger charge is 2.34. The monoisotopic (exact) mass is 391 g/mol. The number of urea groups is 1. The fraction of sp³-hybridized carbons (Fsp3) is 0.263. The third kappa shape index (κ3) is 4.48. The topological polar surface area (TPSA) is 61.4 Å². The predicted octanol–water partition coefficient (Wildman–Crippen LogP) is 4.94. The van der Waals surface area contributed by atoms with Gasteiger partial charge < -0.3 is 15.5 Å². The van der Waals surface area contributed by atoms with Crippen molar-refractivity contribution in [3.63, 3.8) is 0 Å². The highest BCUT2D eigenvalue weighted by molar-refractivity contribution is 6.35. The molecular formula is C19H19Cl2N3O2. The van der Waals surface area contributed by atoms with E-state index in [-0.39, 0.29) is 11.9 Å². The van der Waals surface area contributed by atoms with Crippen molar-refractivity contribution >= 4 is 46.5 Å². The van der Waals surface area contributed by atoms with Gasteiger partial charge in [-0.05, 0) is 50.1 Å². The summed E-state index contributed by atoms with van der Waals surface area (Å²) >= 11 is 11.9. The number of rotatable bonds is 3. The van der Waals surface area contributed by atoms with Crippen molar-refractivity contribution in [1.82, 2.24) is 4.90 Å². The van der Waals surface area contributed by atoms with Gasteiger partial charge in [-0.1, -0.05) is 40.9 Å². The van der Waals surface area contributed by atoms with Gasteiger partial charge in [-0.25, -0.2) is 4.79 Å². The molecule has 2 N–H and O–H groups in total. The normalized spacial score (nSPS) is 16.4. The van der Waals surface area contributed by atoms with Gasteiger partial charge in [-0.2, -0.15) is 0 Å². The fourth-order valence-electron chi connectivity index (χ4n) is 2.97. The molecule has 1 fully saturated rings. The summed E-state index contributed by atoms with van der Waals surface area (Å²) in [5.41, 5.74) is 2.33. The molecule has 1 heterocycles. The highest BCUT2D eigenvalue weighted by atomic mass is 35.5. The third-order valence-electron chi connectivity index (χ3n) is 4.25. The summed E-state index contributed by atoms with van der Waals surface area (Å²) < 4.78 is 0. The van der Waals surface area contributed by atoms with E-state index in [9.17, 15) is 9.59 Å². The van der Waals surface area contributed by atoms with E-state index in [4.69, 9.17) is 23.2 Å². The minimum absolute atomic E-state index is 0.250. The summed E-state index contributed by atoms with van der Waals surface area (Å²) in [7, 11) is 0. The Bertz CT molecular complexity index is 804. The Hall–Kier alpha value is -2.24. The summed E-state index contributed by atoms with van der Waals surface area (Å²) in [6.45, 7) is 2.51. The van der Waals surface area contributed by atoms with Gasteiger partial charge in [0.1, 0.15) is 6.04 Å². The smallest absolute Gasteiger partial charge is 0.322 e. The average Bonchev–Trinajstić information content (AvgIpc) is 3.06. The summed E-state index contributed by atoms with van der Waals surface area (Å²) in [5.74, 6) is -0.250. The number of halogens is 2. The van der Waals surface area contributed by atoms with E-state index in [0.29, 0.717) is 34.4 Å². The molecule has 3 amide bonds. The maximum absolute atomic E-state index is 12.6. The van der Waals surface area contributed by atoms with Crippen LogP contribution in [0.25, 0.3) is 0 Å². The van der Waals surface area contributed by atoms with Crippen molar-refractivity contribution in [2.75, 3.05) is 17.2 Å². The highest BCUT2D eigenvalue weighted by Crippen LogP contribution is 2.25. The van der Waals surface area contributed by atoms with Gasteiger partial charge in [0, 0.05) is 28.0 Å². The summed E-state index contributed by atoms with van der Waals surface area (Å²) in [6.07, 6.45) is 1.39. The molecule has 0 spiro atoms. The van der Waals surface area contributed by atoms with Gasteiger partial charge >= 0.3 is 6.03 Å². The first-order valence-corrected chi connectivity index (χ1v) is 9.09. The third-order valence-corrected chi connectivity index (χ3v) is 4.69. The molecule has 136 valence electrons. The number of carbonyl (C=O) groups is 2. The number of hydrogen-bond donors (Lipinski definition) is 2. The van der Waals surface area contributed by atoms with Gasteiger partial charge in [-0.3, -0.25) is 4.79 Å². The van der Waals surface area contributed by atoms with Crippen LogP contribution in [0.5, 0.6) is 0 Å². The van der Waals surface area contributed by atoms with Crippen LogP contribution in [0.2, 0.25) is 10.0 Å². The molecule has 0 unspecified atom stereocenters. The van der Waals surface area contributed by atoms with Crippen molar-refractivity contribution < 1.29 is 9.59 Å². The van der Waals surface area contributed by atoms with Gasteiger partial charge in [0.15, 0.2) is 0 Å². The Morgan fingerprint density at radius 3 is 2.31 bits per heavy atom. The van der Waals surface area contributed by atoms with E-state index in [2.05, 4.69) is 10.6 Å². The van der Waals surface area contributed by atoms with Gasteiger partial charge in [0.05, 0.1) is 0 Å². The molecule has 0 aliphatic carbocycles. The standard InChI is InChI=1S/C19H19Cl2N3O2/c1-12-4-6-15(7-5-12)23-19(26)24-8-2-3-17(24)18(25)22-16-10-13(20)9-14(21)11-16/h4-7,9-11,17H,2-3,8H2,1H3,(H,22,25)(H,23,26)/t17-/m1/s1. The second-order valence-electron chi connectivity index (χ2n) is 6.29. The van der Waals surface area contributed by atoms with Crippen molar-refractivity contribution in [1.29, 1.82) is 0 Å². The zero-order valence-electron chi connectivity index (χ0n) is 14.3. The van der Waals surface area contributed by atoms with E-state index in [1.54, 1.807) is 23.1 Å². The molecule has 1 aliphatic rings. The van der Waals surface area contributed by atoms with E-state index >= 15 is 0 Å². The number of nitrogens with zero attached hydrogens (tertiary/aromatic N) is 1. The second-order valence-corrected chi connectivity index (χ2v) is 7.17. The summed E-state index contributed by atoms with van der Waals surface area (Å²) in [5, 5.41) is 6.51. The number of aryl methyl sites for hydroxylation is 1. The lowest BCUT2D eigenvalue weighted by molar-refractivity contribution is -0.119. The maximum atomic E-state index is 12.6. The summed E-state index contributed by atoms with van der Waals surface area (Å²) in [6, 6.07) is 11.6. The molecule has 1 saturated heterocycles. The molecule has 1 atom stereocenters. The number of amides is 3. The zero-order chi connectivity index (χ0) is 18.7. The first-order chi connectivity index (χ1) is 12.4. The van der Waals surface area contributed by atoms with Crippen LogP contribution in [-0.4, -0.2) is 29.4 Å². The number of nitrogens with one attached hydrogen (secondary N) is 2. The molecule has 1 aliphatic heterocycles. The Kier molecular flexibility index (Phi) is 5.69. The van der Waals surface area contributed by atoms with E-state index in [1.807, 2.05) is 31.2 Å². The van der Waals surface area contributed by atoms with Crippen LogP contribution in [0, 0.1) is 6.92 Å². The van der Waals surface area contributed by atoms with E-state index in [1.165, 1.54) is 0 Å². The van der Waals surface area contributed by atoms with Gasteiger partial charge in [0.25, 0.3) is 0 Å². The molecule has 0 bridgehead atoms. The number of hydrogen-bond acceptors (Lipinski definition) is 2. The number of carbonyl (C=O) groups excluding carboxylic acids is 2. The van der Waals surface area contributed by atoms with Gasteiger partial charge in [0.2, 0.25) is 5.91 Å². The lowest BCUT2D eigenvalue weighted by atomic mass is 10.2. The van der Waals surface area contributed by atoms with Crippen molar-refractivity contribution in [2.24, 2.45) is 0 Å². The minimum Gasteiger partial charge on any atom is -0.324 e. The van der Waals surface area contributed by atoms with Crippen molar-refractivity contribution in [3.8, 4) is 0 Å². The maximum Gasteiger partial charge on any atom is 0.322 e. The molecule has 26 heavy (non-hydrogen) atoms. The Morgan fingerprint density at radius 2 is 1.65 bits per heavy atom. The lowest BCUT2D eigenvalue weighted by Gasteiger charge is -2.24. The van der Waals surface area contributed by atoms with Crippen molar-refractivity contribution in [3.05, 3.63) is 58.1 Å². The SMILES string of the molecule is Cc1ccc(NC(=O)N2CCC[C@@H]2C(=O)Nc2cc(Cl)cc(Cl)c2)cc1. The van der Waals surface area contributed by atoms with Gasteiger partial charge in [-0.15, -0.1) is 0 Å². The predicted molar refractivity (Wildman–Crippen MR) is 105 cm³/mol. The number of anilines is 2.